The van der Waals surface area contributed by atoms with Crippen molar-refractivity contribution in [2.75, 3.05) is 6.54 Å². The van der Waals surface area contributed by atoms with Crippen molar-refractivity contribution < 1.29 is 9.90 Å². The number of hydrogen-bond acceptors (Lipinski definition) is 2. The van der Waals surface area contributed by atoms with E-state index in [2.05, 4.69) is 12.2 Å². The van der Waals surface area contributed by atoms with Gasteiger partial charge < -0.3 is 10.8 Å². The molecule has 0 fully saturated rings. The van der Waals surface area contributed by atoms with Crippen LogP contribution in [0.1, 0.15) is 38.5 Å². The monoisotopic (exact) mass is 211 g/mol. The Morgan fingerprint density at radius 2 is 1.53 bits per heavy atom. The van der Waals surface area contributed by atoms with Crippen LogP contribution in [-0.2, 0) is 4.79 Å². The molecule has 0 rings (SSSR count). The Bertz CT molecular complexity index is 210. The largest absolute Gasteiger partial charge is 0.481 e. The van der Waals surface area contributed by atoms with Gasteiger partial charge in [0, 0.05) is 6.42 Å². The quantitative estimate of drug-likeness (QED) is 0.455. The summed E-state index contributed by atoms with van der Waals surface area (Å²) in [4.78, 5) is 10.2. The normalized spacial score (nSPS) is 11.5. The van der Waals surface area contributed by atoms with Crippen molar-refractivity contribution in [2.45, 2.75) is 38.5 Å². The van der Waals surface area contributed by atoms with E-state index in [-0.39, 0.29) is 6.42 Å². The van der Waals surface area contributed by atoms with E-state index in [0.717, 1.165) is 32.2 Å². The van der Waals surface area contributed by atoms with Crippen molar-refractivity contribution in [3.05, 3.63) is 24.3 Å². The van der Waals surface area contributed by atoms with E-state index < -0.39 is 5.97 Å². The number of allylic oxidation sites excluding steroid dienone is 4. The maximum atomic E-state index is 10.2. The molecular weight excluding hydrogens is 190 g/mol. The zero-order valence-corrected chi connectivity index (χ0v) is 9.19. The molecule has 0 saturated heterocycles. The lowest BCUT2D eigenvalue weighted by Gasteiger charge is -1.90. The molecule has 3 N–H and O–H groups in total. The van der Waals surface area contributed by atoms with Crippen LogP contribution in [0, 0.1) is 0 Å². The van der Waals surface area contributed by atoms with Crippen LogP contribution in [-0.4, -0.2) is 17.6 Å². The minimum absolute atomic E-state index is 0.225. The summed E-state index contributed by atoms with van der Waals surface area (Å²) in [6.07, 6.45) is 13.2. The number of unbranched alkanes of at least 4 members (excludes halogenated alkanes) is 2. The third kappa shape index (κ3) is 12.9. The second-order valence-electron chi connectivity index (χ2n) is 3.38. The summed E-state index contributed by atoms with van der Waals surface area (Å²) in [5, 5.41) is 8.38. The summed E-state index contributed by atoms with van der Waals surface area (Å²) < 4.78 is 0. The fourth-order valence-corrected chi connectivity index (χ4v) is 1.11. The lowest BCUT2D eigenvalue weighted by atomic mass is 10.2. The first-order chi connectivity index (χ1) is 7.27. The summed E-state index contributed by atoms with van der Waals surface area (Å²) in [5.41, 5.74) is 5.36. The molecule has 0 aromatic rings. The van der Waals surface area contributed by atoms with Crippen LogP contribution in [0.2, 0.25) is 0 Å². The van der Waals surface area contributed by atoms with E-state index in [9.17, 15) is 4.79 Å². The first-order valence-corrected chi connectivity index (χ1v) is 5.49. The van der Waals surface area contributed by atoms with Gasteiger partial charge in [-0.1, -0.05) is 24.3 Å². The highest BCUT2D eigenvalue weighted by Crippen LogP contribution is 1.98. The van der Waals surface area contributed by atoms with Gasteiger partial charge in [0.25, 0.3) is 0 Å². The van der Waals surface area contributed by atoms with Gasteiger partial charge in [-0.05, 0) is 38.6 Å². The van der Waals surface area contributed by atoms with Crippen LogP contribution in [0.4, 0.5) is 0 Å². The van der Waals surface area contributed by atoms with E-state index >= 15 is 0 Å². The first-order valence-electron chi connectivity index (χ1n) is 5.49. The molecule has 0 aromatic heterocycles. The zero-order chi connectivity index (χ0) is 11.4. The van der Waals surface area contributed by atoms with Crippen molar-refractivity contribution in [1.82, 2.24) is 0 Å². The Morgan fingerprint density at radius 1 is 1.00 bits per heavy atom. The molecule has 0 radical (unpaired) electrons. The van der Waals surface area contributed by atoms with Gasteiger partial charge in [0.1, 0.15) is 0 Å². The average Bonchev–Trinajstić information content (AvgIpc) is 2.20. The van der Waals surface area contributed by atoms with Gasteiger partial charge >= 0.3 is 5.97 Å². The Hall–Kier alpha value is -1.09. The molecule has 0 unspecified atom stereocenters. The highest BCUT2D eigenvalue weighted by atomic mass is 16.4. The summed E-state index contributed by atoms with van der Waals surface area (Å²) >= 11 is 0. The number of aliphatic carboxylic acids is 1. The lowest BCUT2D eigenvalue weighted by Crippen LogP contribution is -1.96. The lowest BCUT2D eigenvalue weighted by molar-refractivity contribution is -0.136. The standard InChI is InChI=1S/C12H21NO2/c13-11-9-7-5-3-1-2-4-6-8-10-12(14)15/h3-6H,1-2,7-11,13H2,(H,14,15). The Morgan fingerprint density at radius 3 is 2.07 bits per heavy atom. The molecule has 86 valence electrons. The van der Waals surface area contributed by atoms with Crippen LogP contribution in [0.15, 0.2) is 24.3 Å². The molecule has 0 spiro atoms. The summed E-state index contributed by atoms with van der Waals surface area (Å²) in [6, 6.07) is 0. The molecule has 0 saturated carbocycles. The predicted molar refractivity (Wildman–Crippen MR) is 62.7 cm³/mol. The molecule has 3 nitrogen and oxygen atoms in total. The van der Waals surface area contributed by atoms with Gasteiger partial charge in [0.2, 0.25) is 0 Å². The van der Waals surface area contributed by atoms with Crippen LogP contribution >= 0.6 is 0 Å². The van der Waals surface area contributed by atoms with Crippen molar-refractivity contribution in [3.63, 3.8) is 0 Å². The second-order valence-corrected chi connectivity index (χ2v) is 3.38. The Kier molecular flexibility index (Phi) is 10.2. The molecule has 3 heteroatoms. The summed E-state index contributed by atoms with van der Waals surface area (Å²) in [5.74, 6) is -0.735. The van der Waals surface area contributed by atoms with E-state index in [4.69, 9.17) is 10.8 Å². The molecule has 15 heavy (non-hydrogen) atoms. The number of carboxylic acids is 1. The van der Waals surface area contributed by atoms with Crippen LogP contribution < -0.4 is 5.73 Å². The smallest absolute Gasteiger partial charge is 0.303 e. The summed E-state index contributed by atoms with van der Waals surface area (Å²) in [6.45, 7) is 0.749. The van der Waals surface area contributed by atoms with E-state index in [0.29, 0.717) is 6.42 Å². The molecule has 0 aliphatic heterocycles. The van der Waals surface area contributed by atoms with Gasteiger partial charge in [0.15, 0.2) is 0 Å². The number of hydrogen-bond donors (Lipinski definition) is 2. The summed E-state index contributed by atoms with van der Waals surface area (Å²) in [7, 11) is 0. The molecule has 0 heterocycles. The van der Waals surface area contributed by atoms with Gasteiger partial charge in [-0.2, -0.15) is 0 Å². The van der Waals surface area contributed by atoms with Gasteiger partial charge in [-0.25, -0.2) is 0 Å². The highest BCUT2D eigenvalue weighted by molar-refractivity contribution is 5.66. The fraction of sp³-hybridized carbons (Fsp3) is 0.583. The topological polar surface area (TPSA) is 63.3 Å². The number of carbonyl (C=O) groups is 1. The molecular formula is C12H21NO2. The number of nitrogens with two attached hydrogens (primary N) is 1. The molecule has 0 aromatic carbocycles. The minimum atomic E-state index is -0.735. The number of rotatable bonds is 9. The first kappa shape index (κ1) is 13.9. The molecule has 0 atom stereocenters. The predicted octanol–water partition coefficient (Wildman–Crippen LogP) is 2.48. The van der Waals surface area contributed by atoms with Crippen molar-refractivity contribution >= 4 is 5.97 Å². The molecule has 0 aliphatic rings. The SMILES string of the molecule is NCCCC=CCCC=CCCC(=O)O. The van der Waals surface area contributed by atoms with Gasteiger partial charge in [-0.3, -0.25) is 4.79 Å². The van der Waals surface area contributed by atoms with Crippen molar-refractivity contribution in [2.24, 2.45) is 5.73 Å². The Balaban J connectivity index is 3.22. The fourth-order valence-electron chi connectivity index (χ4n) is 1.11. The van der Waals surface area contributed by atoms with Gasteiger partial charge in [-0.15, -0.1) is 0 Å². The second kappa shape index (κ2) is 11.0. The van der Waals surface area contributed by atoms with Crippen molar-refractivity contribution in [1.29, 1.82) is 0 Å². The molecule has 0 amide bonds. The zero-order valence-electron chi connectivity index (χ0n) is 9.19. The van der Waals surface area contributed by atoms with E-state index in [1.807, 2.05) is 12.2 Å². The minimum Gasteiger partial charge on any atom is -0.481 e. The maximum absolute atomic E-state index is 10.2. The van der Waals surface area contributed by atoms with Crippen LogP contribution in [0.3, 0.4) is 0 Å². The molecule has 0 aliphatic carbocycles. The third-order valence-electron chi connectivity index (χ3n) is 1.93. The third-order valence-corrected chi connectivity index (χ3v) is 1.93. The Labute approximate surface area is 91.7 Å². The van der Waals surface area contributed by atoms with E-state index in [1.165, 1.54) is 0 Å². The molecule has 0 bridgehead atoms. The van der Waals surface area contributed by atoms with Crippen molar-refractivity contribution in [3.8, 4) is 0 Å². The number of carboxylic acid groups (broad SMARTS) is 1. The van der Waals surface area contributed by atoms with Crippen LogP contribution in [0.5, 0.6) is 0 Å². The van der Waals surface area contributed by atoms with Crippen LogP contribution in [0.25, 0.3) is 0 Å². The van der Waals surface area contributed by atoms with Gasteiger partial charge in [0.05, 0.1) is 0 Å². The maximum Gasteiger partial charge on any atom is 0.303 e. The van der Waals surface area contributed by atoms with E-state index in [1.54, 1.807) is 0 Å². The average molecular weight is 211 g/mol. The highest BCUT2D eigenvalue weighted by Gasteiger charge is 1.90.